The Kier molecular flexibility index (Phi) is 4.47. The summed E-state index contributed by atoms with van der Waals surface area (Å²) in [6, 6.07) is 14.1. The lowest BCUT2D eigenvalue weighted by atomic mass is 10.2. The van der Waals surface area contributed by atoms with Gasteiger partial charge < -0.3 is 20.1 Å². The van der Waals surface area contributed by atoms with Crippen molar-refractivity contribution in [2.24, 2.45) is 0 Å². The summed E-state index contributed by atoms with van der Waals surface area (Å²) in [6.45, 7) is 0.131. The first-order valence-electron chi connectivity index (χ1n) is 8.27. The molecule has 0 bridgehead atoms. The number of aromatic nitrogens is 2. The van der Waals surface area contributed by atoms with Gasteiger partial charge in [0.25, 0.3) is 17.4 Å². The molecule has 2 heterocycles. The maximum Gasteiger partial charge on any atom is 0.276 e. The van der Waals surface area contributed by atoms with Crippen LogP contribution in [0.5, 0.6) is 11.5 Å². The number of hydrogen-bond donors (Lipinski definition) is 3. The van der Waals surface area contributed by atoms with E-state index in [1.807, 2.05) is 0 Å². The maximum atomic E-state index is 12.5. The van der Waals surface area contributed by atoms with Crippen molar-refractivity contribution in [3.8, 4) is 11.5 Å². The van der Waals surface area contributed by atoms with Crippen LogP contribution in [0.4, 0.5) is 11.4 Å². The fraction of sp³-hybridized carbons (Fsp3) is 0.0526. The van der Waals surface area contributed by atoms with Gasteiger partial charge in [-0.3, -0.25) is 14.4 Å². The zero-order chi connectivity index (χ0) is 19.5. The Morgan fingerprint density at radius 1 is 0.893 bits per heavy atom. The molecule has 2 amide bonds. The summed E-state index contributed by atoms with van der Waals surface area (Å²) < 4.78 is 10.5. The van der Waals surface area contributed by atoms with E-state index in [0.29, 0.717) is 28.4 Å². The van der Waals surface area contributed by atoms with Gasteiger partial charge in [0.2, 0.25) is 6.79 Å². The summed E-state index contributed by atoms with van der Waals surface area (Å²) in [7, 11) is 0. The highest BCUT2D eigenvalue weighted by atomic mass is 16.7. The highest BCUT2D eigenvalue weighted by Gasteiger charge is 2.16. The van der Waals surface area contributed by atoms with Gasteiger partial charge in [-0.1, -0.05) is 6.07 Å². The minimum atomic E-state index is -0.490. The number of anilines is 2. The molecule has 0 saturated heterocycles. The lowest BCUT2D eigenvalue weighted by Crippen LogP contribution is -2.17. The molecule has 1 aliphatic heterocycles. The second kappa shape index (κ2) is 7.23. The third-order valence-electron chi connectivity index (χ3n) is 3.92. The van der Waals surface area contributed by atoms with Crippen LogP contribution in [0.1, 0.15) is 20.8 Å². The fourth-order valence-corrected chi connectivity index (χ4v) is 2.58. The molecule has 0 unspecified atom stereocenters. The van der Waals surface area contributed by atoms with Gasteiger partial charge in [-0.2, -0.15) is 5.10 Å². The number of amides is 2. The van der Waals surface area contributed by atoms with E-state index in [-0.39, 0.29) is 18.4 Å². The van der Waals surface area contributed by atoms with Crippen LogP contribution >= 0.6 is 0 Å². The number of carbonyl (C=O) groups excluding carboxylic acids is 2. The number of H-pyrrole nitrogens is 1. The van der Waals surface area contributed by atoms with Crippen LogP contribution in [0.25, 0.3) is 0 Å². The van der Waals surface area contributed by atoms with Gasteiger partial charge in [-0.05, 0) is 42.5 Å². The summed E-state index contributed by atoms with van der Waals surface area (Å²) in [5.74, 6) is 0.291. The van der Waals surface area contributed by atoms with Crippen molar-refractivity contribution in [2.75, 3.05) is 17.4 Å². The van der Waals surface area contributed by atoms with Crippen LogP contribution in [-0.2, 0) is 0 Å². The number of aromatic amines is 1. The number of nitrogens with zero attached hydrogens (tertiary/aromatic N) is 1. The van der Waals surface area contributed by atoms with Gasteiger partial charge in [0.1, 0.15) is 5.69 Å². The highest BCUT2D eigenvalue weighted by Crippen LogP contribution is 2.32. The molecule has 3 N–H and O–H groups in total. The van der Waals surface area contributed by atoms with E-state index >= 15 is 0 Å². The van der Waals surface area contributed by atoms with Gasteiger partial charge >= 0.3 is 0 Å². The van der Waals surface area contributed by atoms with Crippen LogP contribution in [0.3, 0.4) is 0 Å². The molecule has 9 heteroatoms. The molecule has 0 saturated carbocycles. The third-order valence-corrected chi connectivity index (χ3v) is 3.92. The van der Waals surface area contributed by atoms with Gasteiger partial charge in [0.05, 0.1) is 0 Å². The van der Waals surface area contributed by atoms with E-state index in [9.17, 15) is 14.4 Å². The summed E-state index contributed by atoms with van der Waals surface area (Å²) >= 11 is 0. The van der Waals surface area contributed by atoms with Crippen LogP contribution < -0.4 is 25.7 Å². The number of hydrogen-bond acceptors (Lipinski definition) is 6. The molecule has 4 rings (SSSR count). The van der Waals surface area contributed by atoms with E-state index in [1.54, 1.807) is 42.5 Å². The molecule has 9 nitrogen and oxygen atoms in total. The average molecular weight is 378 g/mol. The zero-order valence-corrected chi connectivity index (χ0v) is 14.4. The number of benzene rings is 2. The number of fused-ring (bicyclic) bond motifs is 1. The maximum absolute atomic E-state index is 12.5. The molecule has 0 aliphatic carbocycles. The molecule has 2 aromatic carbocycles. The summed E-state index contributed by atoms with van der Waals surface area (Å²) in [4.78, 5) is 35.7. The molecular formula is C19H14N4O5. The van der Waals surface area contributed by atoms with Crippen LogP contribution in [0.2, 0.25) is 0 Å². The molecule has 1 aliphatic rings. The van der Waals surface area contributed by atoms with Crippen LogP contribution in [0.15, 0.2) is 59.4 Å². The topological polar surface area (TPSA) is 122 Å². The standard InChI is InChI=1S/C19H14N4O5/c24-17-7-5-14(22-23-17)19(26)21-13-3-1-2-12(9-13)20-18(25)11-4-6-15-16(8-11)28-10-27-15/h1-9H,10H2,(H,20,25)(H,21,26)(H,23,24). The molecule has 0 spiro atoms. The molecule has 0 fully saturated rings. The van der Waals surface area contributed by atoms with Crippen molar-refractivity contribution in [2.45, 2.75) is 0 Å². The minimum absolute atomic E-state index is 0.0643. The molecule has 0 radical (unpaired) electrons. The van der Waals surface area contributed by atoms with Gasteiger partial charge in [0.15, 0.2) is 11.5 Å². The van der Waals surface area contributed by atoms with Crippen molar-refractivity contribution < 1.29 is 19.1 Å². The Bertz CT molecular complexity index is 1100. The summed E-state index contributed by atoms with van der Waals surface area (Å²) in [5.41, 5.74) is 1.03. The summed E-state index contributed by atoms with van der Waals surface area (Å²) in [5, 5.41) is 11.3. The Morgan fingerprint density at radius 3 is 2.39 bits per heavy atom. The lowest BCUT2D eigenvalue weighted by Gasteiger charge is -2.09. The quantitative estimate of drug-likeness (QED) is 0.638. The van der Waals surface area contributed by atoms with Gasteiger partial charge in [-0.25, -0.2) is 5.10 Å². The number of ether oxygens (including phenoxy) is 2. The number of nitrogens with one attached hydrogen (secondary N) is 3. The molecule has 3 aromatic rings. The first-order valence-corrected chi connectivity index (χ1v) is 8.27. The second-order valence-corrected chi connectivity index (χ2v) is 5.86. The highest BCUT2D eigenvalue weighted by molar-refractivity contribution is 6.06. The molecule has 0 atom stereocenters. The van der Waals surface area contributed by atoms with E-state index in [1.165, 1.54) is 12.1 Å². The second-order valence-electron chi connectivity index (χ2n) is 5.86. The lowest BCUT2D eigenvalue weighted by molar-refractivity contribution is 0.101. The fourth-order valence-electron chi connectivity index (χ4n) is 2.58. The SMILES string of the molecule is O=C(Nc1cccc(NC(=O)c2ccc(=O)[nH]n2)c1)c1ccc2c(c1)OCO2. The van der Waals surface area contributed by atoms with Gasteiger partial charge in [-0.15, -0.1) is 0 Å². The Balaban J connectivity index is 1.46. The Hall–Kier alpha value is -4.14. The first kappa shape index (κ1) is 17.3. The van der Waals surface area contributed by atoms with Crippen molar-refractivity contribution in [3.05, 3.63) is 76.2 Å². The van der Waals surface area contributed by atoms with E-state index in [2.05, 4.69) is 20.8 Å². The Morgan fingerprint density at radius 2 is 1.64 bits per heavy atom. The number of carbonyl (C=O) groups is 2. The van der Waals surface area contributed by atoms with E-state index in [0.717, 1.165) is 0 Å². The average Bonchev–Trinajstić information content (AvgIpc) is 3.16. The first-order chi connectivity index (χ1) is 13.6. The number of rotatable bonds is 4. The predicted molar refractivity (Wildman–Crippen MR) is 99.8 cm³/mol. The predicted octanol–water partition coefficient (Wildman–Crippen LogP) is 2.00. The molecule has 1 aromatic heterocycles. The zero-order valence-electron chi connectivity index (χ0n) is 14.4. The molecule has 28 heavy (non-hydrogen) atoms. The normalized spacial score (nSPS) is 11.7. The molecular weight excluding hydrogens is 364 g/mol. The Labute approximate surface area is 158 Å². The smallest absolute Gasteiger partial charge is 0.276 e. The van der Waals surface area contributed by atoms with Crippen molar-refractivity contribution in [3.63, 3.8) is 0 Å². The third kappa shape index (κ3) is 3.68. The van der Waals surface area contributed by atoms with E-state index < -0.39 is 11.5 Å². The summed E-state index contributed by atoms with van der Waals surface area (Å²) in [6.07, 6.45) is 0. The largest absolute Gasteiger partial charge is 0.454 e. The van der Waals surface area contributed by atoms with Crippen LogP contribution in [-0.4, -0.2) is 28.8 Å². The van der Waals surface area contributed by atoms with Crippen molar-refractivity contribution in [1.82, 2.24) is 10.2 Å². The van der Waals surface area contributed by atoms with Crippen molar-refractivity contribution >= 4 is 23.2 Å². The van der Waals surface area contributed by atoms with Gasteiger partial charge in [0, 0.05) is 23.0 Å². The molecule has 140 valence electrons. The minimum Gasteiger partial charge on any atom is -0.454 e. The van der Waals surface area contributed by atoms with Crippen LogP contribution in [0, 0.1) is 0 Å². The van der Waals surface area contributed by atoms with Crippen molar-refractivity contribution in [1.29, 1.82) is 0 Å². The van der Waals surface area contributed by atoms with E-state index in [4.69, 9.17) is 9.47 Å². The monoisotopic (exact) mass is 378 g/mol.